The average molecular weight is 165 g/mol. The van der Waals surface area contributed by atoms with Crippen LogP contribution in [0.2, 0.25) is 0 Å². The van der Waals surface area contributed by atoms with Gasteiger partial charge >= 0.3 is 0 Å². The second-order valence-electron chi connectivity index (χ2n) is 4.66. The summed E-state index contributed by atoms with van der Waals surface area (Å²) < 4.78 is 0. The summed E-state index contributed by atoms with van der Waals surface area (Å²) in [7, 11) is 0. The maximum atomic E-state index is 6.09. The number of hydrogen-bond donors (Lipinski definition) is 1. The van der Waals surface area contributed by atoms with E-state index in [0.717, 1.165) is 17.8 Å². The Hall–Kier alpha value is -0.300. The summed E-state index contributed by atoms with van der Waals surface area (Å²) in [5.41, 5.74) is 7.46. The van der Waals surface area contributed by atoms with Crippen molar-refractivity contribution >= 4 is 0 Å². The van der Waals surface area contributed by atoms with E-state index >= 15 is 0 Å². The summed E-state index contributed by atoms with van der Waals surface area (Å²) in [6, 6.07) is 0.352. The number of rotatable bonds is 2. The predicted octanol–water partition coefficient (Wildman–Crippen LogP) is 2.33. The van der Waals surface area contributed by atoms with Crippen molar-refractivity contribution in [2.24, 2.45) is 23.5 Å². The molecule has 3 unspecified atom stereocenters. The lowest BCUT2D eigenvalue weighted by Crippen LogP contribution is -2.22. The molecule has 1 heteroatoms. The zero-order valence-corrected chi connectivity index (χ0v) is 8.09. The molecule has 2 aliphatic carbocycles. The molecular formula is C11H19N. The summed E-state index contributed by atoms with van der Waals surface area (Å²) >= 11 is 0. The molecule has 2 fully saturated rings. The van der Waals surface area contributed by atoms with Crippen molar-refractivity contribution < 1.29 is 0 Å². The zero-order valence-electron chi connectivity index (χ0n) is 8.09. The van der Waals surface area contributed by atoms with Crippen LogP contribution in [0, 0.1) is 17.8 Å². The van der Waals surface area contributed by atoms with Crippen molar-refractivity contribution in [3.05, 3.63) is 11.6 Å². The molecule has 12 heavy (non-hydrogen) atoms. The van der Waals surface area contributed by atoms with Crippen LogP contribution in [0.3, 0.4) is 0 Å². The quantitative estimate of drug-likeness (QED) is 0.624. The molecule has 0 saturated heterocycles. The highest BCUT2D eigenvalue weighted by atomic mass is 14.7. The van der Waals surface area contributed by atoms with Crippen LogP contribution in [0.15, 0.2) is 11.6 Å². The molecule has 0 aromatic heterocycles. The number of nitrogens with two attached hydrogens (primary N) is 1. The first-order valence-electron chi connectivity index (χ1n) is 5.11. The van der Waals surface area contributed by atoms with Gasteiger partial charge in [-0.1, -0.05) is 18.1 Å². The van der Waals surface area contributed by atoms with Gasteiger partial charge in [0.1, 0.15) is 0 Å². The first-order chi connectivity index (χ1) is 5.70. The van der Waals surface area contributed by atoms with Gasteiger partial charge in [-0.25, -0.2) is 0 Å². The van der Waals surface area contributed by atoms with Crippen molar-refractivity contribution in [3.8, 4) is 0 Å². The third kappa shape index (κ3) is 1.31. The van der Waals surface area contributed by atoms with Crippen LogP contribution in [0.5, 0.6) is 0 Å². The predicted molar refractivity (Wildman–Crippen MR) is 51.7 cm³/mol. The topological polar surface area (TPSA) is 26.0 Å². The molecule has 0 heterocycles. The number of allylic oxidation sites excluding steroid dienone is 1. The molecule has 3 atom stereocenters. The lowest BCUT2D eigenvalue weighted by atomic mass is 10.0. The van der Waals surface area contributed by atoms with Gasteiger partial charge in [-0.3, -0.25) is 0 Å². The van der Waals surface area contributed by atoms with E-state index in [0.29, 0.717) is 6.04 Å². The van der Waals surface area contributed by atoms with Gasteiger partial charge in [-0.05, 0) is 44.4 Å². The molecule has 0 bridgehead atoms. The molecule has 68 valence electrons. The Morgan fingerprint density at radius 1 is 1.33 bits per heavy atom. The van der Waals surface area contributed by atoms with E-state index in [2.05, 4.69) is 19.9 Å². The van der Waals surface area contributed by atoms with Crippen LogP contribution >= 0.6 is 0 Å². The van der Waals surface area contributed by atoms with Gasteiger partial charge in [0.15, 0.2) is 0 Å². The van der Waals surface area contributed by atoms with E-state index in [1.807, 2.05) is 0 Å². The van der Waals surface area contributed by atoms with Gasteiger partial charge in [-0.2, -0.15) is 0 Å². The standard InChI is InChI=1S/C11H19N/c1-7(2)6-10(12)11-8-4-3-5-9(8)11/h6,8-11H,3-5,12H2,1-2H3. The average Bonchev–Trinajstić information content (AvgIpc) is 2.45. The Bertz CT molecular complexity index is 193. The van der Waals surface area contributed by atoms with Crippen LogP contribution in [0.1, 0.15) is 33.1 Å². The Kier molecular flexibility index (Phi) is 1.99. The van der Waals surface area contributed by atoms with Crippen molar-refractivity contribution in [3.63, 3.8) is 0 Å². The van der Waals surface area contributed by atoms with Gasteiger partial charge in [0.25, 0.3) is 0 Å². The summed E-state index contributed by atoms with van der Waals surface area (Å²) in [5.74, 6) is 2.83. The van der Waals surface area contributed by atoms with Crippen LogP contribution in [0.25, 0.3) is 0 Å². The molecule has 0 aromatic carbocycles. The number of hydrogen-bond acceptors (Lipinski definition) is 1. The van der Waals surface area contributed by atoms with Crippen LogP contribution in [0.4, 0.5) is 0 Å². The number of fused-ring (bicyclic) bond motifs is 1. The maximum Gasteiger partial charge on any atom is 0.0260 e. The highest BCUT2D eigenvalue weighted by molar-refractivity contribution is 5.13. The van der Waals surface area contributed by atoms with E-state index < -0.39 is 0 Å². The fourth-order valence-electron chi connectivity index (χ4n) is 2.94. The molecule has 0 aliphatic heterocycles. The van der Waals surface area contributed by atoms with E-state index in [1.54, 1.807) is 0 Å². The van der Waals surface area contributed by atoms with Crippen LogP contribution in [-0.2, 0) is 0 Å². The smallest absolute Gasteiger partial charge is 0.0260 e. The van der Waals surface area contributed by atoms with Gasteiger partial charge in [0, 0.05) is 6.04 Å². The molecule has 1 nitrogen and oxygen atoms in total. The van der Waals surface area contributed by atoms with Crippen molar-refractivity contribution in [1.82, 2.24) is 0 Å². The first-order valence-corrected chi connectivity index (χ1v) is 5.11. The summed E-state index contributed by atoms with van der Waals surface area (Å²) in [6.45, 7) is 4.27. The SMILES string of the molecule is CC(C)=CC(N)C1C2CCCC21. The molecule has 0 amide bonds. The fraction of sp³-hybridized carbons (Fsp3) is 0.818. The highest BCUT2D eigenvalue weighted by Crippen LogP contribution is 2.58. The van der Waals surface area contributed by atoms with E-state index in [-0.39, 0.29) is 0 Å². The zero-order chi connectivity index (χ0) is 8.72. The van der Waals surface area contributed by atoms with Crippen LogP contribution < -0.4 is 5.73 Å². The minimum atomic E-state index is 0.352. The van der Waals surface area contributed by atoms with Gasteiger partial charge < -0.3 is 5.73 Å². The Morgan fingerprint density at radius 2 is 1.92 bits per heavy atom. The third-order valence-corrected chi connectivity index (χ3v) is 3.44. The monoisotopic (exact) mass is 165 g/mol. The van der Waals surface area contributed by atoms with Gasteiger partial charge in [0.2, 0.25) is 0 Å². The van der Waals surface area contributed by atoms with E-state index in [1.165, 1.54) is 24.8 Å². The van der Waals surface area contributed by atoms with Gasteiger partial charge in [-0.15, -0.1) is 0 Å². The highest BCUT2D eigenvalue weighted by Gasteiger charge is 2.54. The van der Waals surface area contributed by atoms with Crippen molar-refractivity contribution in [2.45, 2.75) is 39.2 Å². The molecule has 2 aliphatic rings. The van der Waals surface area contributed by atoms with Crippen molar-refractivity contribution in [2.75, 3.05) is 0 Å². The molecule has 0 spiro atoms. The Balaban J connectivity index is 1.91. The molecule has 2 rings (SSSR count). The Morgan fingerprint density at radius 3 is 2.42 bits per heavy atom. The second kappa shape index (κ2) is 2.88. The fourth-order valence-corrected chi connectivity index (χ4v) is 2.94. The molecule has 2 saturated carbocycles. The van der Waals surface area contributed by atoms with E-state index in [4.69, 9.17) is 5.73 Å². The molecule has 0 radical (unpaired) electrons. The summed E-state index contributed by atoms with van der Waals surface area (Å²) in [4.78, 5) is 0. The largest absolute Gasteiger partial charge is 0.324 e. The third-order valence-electron chi connectivity index (χ3n) is 3.44. The lowest BCUT2D eigenvalue weighted by molar-refractivity contribution is 0.540. The maximum absolute atomic E-state index is 6.09. The Labute approximate surface area is 75.0 Å². The summed E-state index contributed by atoms with van der Waals surface area (Å²) in [6.07, 6.45) is 6.58. The second-order valence-corrected chi connectivity index (χ2v) is 4.66. The first kappa shape index (κ1) is 8.31. The van der Waals surface area contributed by atoms with Crippen molar-refractivity contribution in [1.29, 1.82) is 0 Å². The van der Waals surface area contributed by atoms with Crippen LogP contribution in [-0.4, -0.2) is 6.04 Å². The molecule has 0 aromatic rings. The van der Waals surface area contributed by atoms with Gasteiger partial charge in [0.05, 0.1) is 0 Å². The molecular weight excluding hydrogens is 146 g/mol. The van der Waals surface area contributed by atoms with E-state index in [9.17, 15) is 0 Å². The minimum absolute atomic E-state index is 0.352. The minimum Gasteiger partial charge on any atom is -0.324 e. The molecule has 2 N–H and O–H groups in total. The normalized spacial score (nSPS) is 40.4. The lowest BCUT2D eigenvalue weighted by Gasteiger charge is -2.09. The summed E-state index contributed by atoms with van der Waals surface area (Å²) in [5, 5.41) is 0.